The van der Waals surface area contributed by atoms with Crippen LogP contribution in [0.3, 0.4) is 0 Å². The molecule has 0 N–H and O–H groups in total. The Labute approximate surface area is 398 Å². The lowest BCUT2D eigenvalue weighted by molar-refractivity contribution is -0.154. The monoisotopic (exact) mass is 918 g/mol. The third kappa shape index (κ3) is 24.8. The van der Waals surface area contributed by atoms with Gasteiger partial charge in [0, 0.05) is 116 Å². The van der Waals surface area contributed by atoms with Crippen LogP contribution in [-0.2, 0) is 57.3 Å². The number of amides is 4. The van der Waals surface area contributed by atoms with Crippen molar-refractivity contribution in [1.82, 2.24) is 9.80 Å². The Kier molecular flexibility index (Phi) is 26.3. The highest BCUT2D eigenvalue weighted by Crippen LogP contribution is 2.09. The number of nitrogens with zero attached hydrogens (tertiary/aromatic N) is 2. The van der Waals surface area contributed by atoms with E-state index >= 15 is 0 Å². The lowest BCUT2D eigenvalue weighted by atomic mass is 10.2. The van der Waals surface area contributed by atoms with Crippen molar-refractivity contribution in [2.24, 2.45) is 11.8 Å². The molecule has 0 bridgehead atoms. The zero-order valence-corrected chi connectivity index (χ0v) is 36.7. The van der Waals surface area contributed by atoms with E-state index in [9.17, 15) is 38.4 Å². The summed E-state index contributed by atoms with van der Waals surface area (Å²) in [4.78, 5) is 98.3. The zero-order chi connectivity index (χ0) is 51.0. The van der Waals surface area contributed by atoms with Crippen LogP contribution in [0.5, 0.6) is 0 Å². The maximum atomic E-state index is 13.0. The van der Waals surface area contributed by atoms with E-state index < -0.39 is 78.0 Å². The molecule has 0 aromatic heterocycles. The first-order valence-corrected chi connectivity index (χ1v) is 19.3. The van der Waals surface area contributed by atoms with E-state index in [1.807, 2.05) is 0 Å². The summed E-state index contributed by atoms with van der Waals surface area (Å²) in [7, 11) is 0. The standard InChI is InChI=1S/C56H26N2O12/c1-4-5-6-7-8-9-10-11-12-13-14-15-16-17-18-19-20-21-22-23-24-25-26-27-28-29-30-31-32-33-34-35-48(55(65)69-44-46(2)42-67-53(63)40-57-49(59)36-37-50(57)60)56(66)70-45-47(3)43-68-54(64)41-58-51(61)38-39-52(58)62/h36-39,46-47H,1,40-45H2,2-3H3. The van der Waals surface area contributed by atoms with Gasteiger partial charge in [0.15, 0.2) is 5.57 Å². The van der Waals surface area contributed by atoms with Crippen molar-refractivity contribution < 1.29 is 57.3 Å². The molecular weight excluding hydrogens is 893 g/mol. The fourth-order valence-corrected chi connectivity index (χ4v) is 3.87. The van der Waals surface area contributed by atoms with Gasteiger partial charge in [-0.25, -0.2) is 9.59 Å². The van der Waals surface area contributed by atoms with Crippen LogP contribution in [0.1, 0.15) is 13.8 Å². The van der Waals surface area contributed by atoms with Crippen molar-refractivity contribution in [3.63, 3.8) is 0 Å². The molecule has 0 aliphatic carbocycles. The van der Waals surface area contributed by atoms with Crippen LogP contribution in [0.4, 0.5) is 0 Å². The average Bonchev–Trinajstić information content (AvgIpc) is 3.84. The molecule has 0 radical (unpaired) electrons. The second kappa shape index (κ2) is 33.8. The maximum Gasteiger partial charge on any atom is 0.354 e. The predicted octanol–water partition coefficient (Wildman–Crippen LogP) is 3.80. The van der Waals surface area contributed by atoms with Gasteiger partial charge in [-0.15, -0.1) is 0 Å². The molecule has 2 rings (SSSR count). The fourth-order valence-electron chi connectivity index (χ4n) is 3.87. The molecule has 0 saturated carbocycles. The highest BCUT2D eigenvalue weighted by atomic mass is 16.6. The van der Waals surface area contributed by atoms with Crippen molar-refractivity contribution >= 4 is 47.5 Å². The van der Waals surface area contributed by atoms with E-state index in [0.717, 1.165) is 24.3 Å². The number of hydrogen-bond acceptors (Lipinski definition) is 12. The Morgan fingerprint density at radius 2 is 0.629 bits per heavy atom. The van der Waals surface area contributed by atoms with Crippen LogP contribution in [0, 0.1) is 11.8 Å². The molecule has 2 heterocycles. The minimum absolute atomic E-state index is 0.279. The molecule has 2 unspecified atom stereocenters. The molecule has 14 nitrogen and oxygen atoms in total. The van der Waals surface area contributed by atoms with Gasteiger partial charge in [-0.2, -0.15) is 0 Å². The minimum atomic E-state index is -1.21. The molecule has 0 saturated heterocycles. The smallest absolute Gasteiger partial charge is 0.354 e. The van der Waals surface area contributed by atoms with Gasteiger partial charge >= 0.3 is 23.9 Å². The van der Waals surface area contributed by atoms with Crippen LogP contribution in [0.2, 0.25) is 0 Å². The zero-order valence-electron chi connectivity index (χ0n) is 36.7. The normalized spacial score (nSPS) is 10.5. The number of carbonyl (C=O) groups is 8. The number of rotatable bonds is 14. The van der Waals surface area contributed by atoms with Gasteiger partial charge in [0.25, 0.3) is 23.6 Å². The van der Waals surface area contributed by atoms with Crippen LogP contribution < -0.4 is 0 Å². The van der Waals surface area contributed by atoms with Crippen molar-refractivity contribution in [3.8, 4) is 0 Å². The largest absolute Gasteiger partial charge is 0.464 e. The van der Waals surface area contributed by atoms with Crippen molar-refractivity contribution in [3.05, 3.63) is 220 Å². The molecule has 70 heavy (non-hydrogen) atoms. The van der Waals surface area contributed by atoms with Gasteiger partial charge in [0.1, 0.15) is 13.1 Å². The van der Waals surface area contributed by atoms with Gasteiger partial charge in [-0.1, -0.05) is 19.6 Å². The number of ether oxygens (including phenoxy) is 4. The summed E-state index contributed by atoms with van der Waals surface area (Å²) in [5.74, 6) is -8.10. The summed E-state index contributed by atoms with van der Waals surface area (Å²) in [5.41, 5.74) is 77.1. The minimum Gasteiger partial charge on any atom is -0.464 e. The molecule has 0 spiro atoms. The van der Waals surface area contributed by atoms with Crippen molar-refractivity contribution in [1.29, 1.82) is 0 Å². The summed E-state index contributed by atoms with van der Waals surface area (Å²) < 4.78 is 20.5. The fraction of sp³-hybridized carbons (Fsp3) is 0.179. The highest BCUT2D eigenvalue weighted by Gasteiger charge is 2.28. The van der Waals surface area contributed by atoms with Crippen LogP contribution in [0.15, 0.2) is 220 Å². The van der Waals surface area contributed by atoms with Gasteiger partial charge in [0.2, 0.25) is 0 Å². The molecule has 14 heteroatoms. The molecule has 4 amide bonds. The number of imide groups is 2. The Morgan fingerprint density at radius 3 is 0.886 bits per heavy atom. The third-order valence-corrected chi connectivity index (χ3v) is 6.93. The molecule has 0 fully saturated rings. The number of hydrogen-bond donors (Lipinski definition) is 0. The Morgan fingerprint density at radius 1 is 0.400 bits per heavy atom. The first kappa shape index (κ1) is 54.5. The van der Waals surface area contributed by atoms with Gasteiger partial charge < -0.3 is 18.9 Å². The molecule has 2 atom stereocenters. The summed E-state index contributed by atoms with van der Waals surface area (Å²) in [6.45, 7) is 3.87. The topological polar surface area (TPSA) is 180 Å². The van der Waals surface area contributed by atoms with Gasteiger partial charge in [0.05, 0.1) is 26.4 Å². The SMILES string of the molecule is C=C=C=C=C=C=C=C=C=C=C=C=C=C=C=C=C=C=C=C=C=C=C=C=C=C=C=C=C=C=C=C=C=C(C(=O)OCC(C)COC(=O)CN1C(=O)C=CC1=O)C(=O)OCC(C)COC(=O)CN1C(=O)C=CC1=O. The van der Waals surface area contributed by atoms with Gasteiger partial charge in [-0.05, 0) is 104 Å². The van der Waals surface area contributed by atoms with Crippen LogP contribution in [0.25, 0.3) is 0 Å². The molecule has 2 aliphatic heterocycles. The third-order valence-electron chi connectivity index (χ3n) is 6.93. The quantitative estimate of drug-likeness (QED) is 0.0469. The molecular formula is C56H26N2O12. The lowest BCUT2D eigenvalue weighted by Gasteiger charge is -2.16. The van der Waals surface area contributed by atoms with Crippen LogP contribution >= 0.6 is 0 Å². The Bertz CT molecular complexity index is 3550. The Hall–Kier alpha value is -11.7. The summed E-state index contributed by atoms with van der Waals surface area (Å²) >= 11 is 0. The first-order chi connectivity index (χ1) is 33.9. The van der Waals surface area contributed by atoms with E-state index in [1.165, 1.54) is 0 Å². The second-order valence-electron chi connectivity index (χ2n) is 12.4. The van der Waals surface area contributed by atoms with E-state index in [4.69, 9.17) is 18.9 Å². The highest BCUT2D eigenvalue weighted by molar-refractivity contribution is 6.15. The van der Waals surface area contributed by atoms with Crippen molar-refractivity contribution in [2.75, 3.05) is 39.5 Å². The lowest BCUT2D eigenvalue weighted by Crippen LogP contribution is -2.36. The Balaban J connectivity index is 2.28. The van der Waals surface area contributed by atoms with Crippen molar-refractivity contribution in [2.45, 2.75) is 13.8 Å². The number of esters is 4. The summed E-state index contributed by atoms with van der Waals surface area (Å²) in [5, 5.41) is 0. The van der Waals surface area contributed by atoms with E-state index in [2.05, 4.69) is 190 Å². The van der Waals surface area contributed by atoms with E-state index in [1.54, 1.807) is 13.8 Å². The van der Waals surface area contributed by atoms with Gasteiger partial charge in [-0.3, -0.25) is 38.6 Å². The average molecular weight is 919 g/mol. The first-order valence-electron chi connectivity index (χ1n) is 19.3. The second-order valence-corrected chi connectivity index (χ2v) is 12.4. The van der Waals surface area contributed by atoms with E-state index in [-0.39, 0.29) is 26.4 Å². The number of carbonyl (C=O) groups excluding carboxylic acids is 8. The molecule has 0 aromatic carbocycles. The summed E-state index contributed by atoms with van der Waals surface area (Å²) in [6, 6.07) is 0. The van der Waals surface area contributed by atoms with E-state index in [0.29, 0.717) is 9.80 Å². The molecule has 0 aromatic rings. The predicted molar refractivity (Wildman–Crippen MR) is 235 cm³/mol. The van der Waals surface area contributed by atoms with Crippen LogP contribution in [-0.4, -0.2) is 96.8 Å². The maximum absolute atomic E-state index is 13.0. The molecule has 332 valence electrons. The summed E-state index contributed by atoms with van der Waals surface area (Å²) in [6.07, 6.45) is 4.05. The molecule has 2 aliphatic rings.